The van der Waals surface area contributed by atoms with Crippen LogP contribution in [0, 0.1) is 0 Å². The van der Waals surface area contributed by atoms with Crippen molar-refractivity contribution in [2.45, 2.75) is 32.1 Å². The Labute approximate surface area is 106 Å². The van der Waals surface area contributed by atoms with Gasteiger partial charge in [0.15, 0.2) is 11.6 Å². The maximum atomic E-state index is 11.0. The molecule has 0 amide bonds. The molecule has 0 radical (unpaired) electrons. The predicted octanol–water partition coefficient (Wildman–Crippen LogP) is 0.672. The van der Waals surface area contributed by atoms with Crippen LogP contribution in [0.1, 0.15) is 32.1 Å². The molecule has 0 unspecified atom stereocenters. The van der Waals surface area contributed by atoms with Gasteiger partial charge in [-0.15, -0.1) is 0 Å². The van der Waals surface area contributed by atoms with Crippen LogP contribution in [0.25, 0.3) is 0 Å². The number of ketones is 4. The van der Waals surface area contributed by atoms with Crippen molar-refractivity contribution < 1.29 is 19.2 Å². The van der Waals surface area contributed by atoms with E-state index in [0.717, 1.165) is 0 Å². The lowest BCUT2D eigenvalue weighted by atomic mass is 10.2. The number of allylic oxidation sites excluding steroid dienone is 1. The zero-order chi connectivity index (χ0) is 13.7. The van der Waals surface area contributed by atoms with E-state index >= 15 is 0 Å². The summed E-state index contributed by atoms with van der Waals surface area (Å²) in [4.78, 5) is 44.2. The Hall–Kier alpha value is -1.78. The first-order valence-electron chi connectivity index (χ1n) is 5.88. The number of rotatable bonds is 1. The second-order valence-electron chi connectivity index (χ2n) is 4.61. The third-order valence-corrected chi connectivity index (χ3v) is 2.64. The van der Waals surface area contributed by atoms with Gasteiger partial charge in [0, 0.05) is 46.0 Å². The SMILES string of the molecule is CN(C)C=C1C(=O)CCC1=O.O=C1CCC(=O)C1. The van der Waals surface area contributed by atoms with E-state index in [4.69, 9.17) is 0 Å². The largest absolute Gasteiger partial charge is 0.383 e. The van der Waals surface area contributed by atoms with Crippen LogP contribution in [0.2, 0.25) is 0 Å². The molecule has 2 rings (SSSR count). The minimum atomic E-state index is -0.0244. The molecule has 0 bridgehead atoms. The summed E-state index contributed by atoms with van der Waals surface area (Å²) in [7, 11) is 3.60. The Kier molecular flexibility index (Phi) is 4.95. The van der Waals surface area contributed by atoms with Crippen LogP contribution in [-0.4, -0.2) is 42.1 Å². The number of Topliss-reactive ketones (excluding diaryl/α,β-unsaturated/α-hetero) is 4. The van der Waals surface area contributed by atoms with Gasteiger partial charge in [-0.2, -0.15) is 0 Å². The predicted molar refractivity (Wildman–Crippen MR) is 64.9 cm³/mol. The molecule has 0 aromatic heterocycles. The average Bonchev–Trinajstić information content (AvgIpc) is 2.79. The number of hydrogen-bond acceptors (Lipinski definition) is 5. The normalized spacial score (nSPS) is 18.9. The third-order valence-electron chi connectivity index (χ3n) is 2.64. The number of carbonyl (C=O) groups is 4. The molecule has 0 aliphatic heterocycles. The monoisotopic (exact) mass is 251 g/mol. The summed E-state index contributed by atoms with van der Waals surface area (Å²) in [6, 6.07) is 0. The summed E-state index contributed by atoms with van der Waals surface area (Å²) in [5.41, 5.74) is 0.356. The van der Waals surface area contributed by atoms with E-state index in [1.54, 1.807) is 25.2 Å². The van der Waals surface area contributed by atoms with E-state index in [1.165, 1.54) is 0 Å². The van der Waals surface area contributed by atoms with Crippen molar-refractivity contribution in [3.63, 3.8) is 0 Å². The topological polar surface area (TPSA) is 71.5 Å². The summed E-state index contributed by atoms with van der Waals surface area (Å²) in [6.07, 6.45) is 3.53. The van der Waals surface area contributed by atoms with Crippen LogP contribution in [0.5, 0.6) is 0 Å². The standard InChI is InChI=1S/C8H11NO2.C5H6O2/c1-9(2)5-6-7(10)3-4-8(6)11;6-4-1-2-5(7)3-4/h5H,3-4H2,1-2H3;1-3H2. The van der Waals surface area contributed by atoms with Crippen molar-refractivity contribution in [2.75, 3.05) is 14.1 Å². The zero-order valence-electron chi connectivity index (χ0n) is 10.7. The molecule has 98 valence electrons. The van der Waals surface area contributed by atoms with Crippen molar-refractivity contribution in [2.24, 2.45) is 0 Å². The number of carbonyl (C=O) groups excluding carboxylic acids is 4. The molecule has 0 atom stereocenters. The van der Waals surface area contributed by atoms with Gasteiger partial charge in [0.1, 0.15) is 11.6 Å². The van der Waals surface area contributed by atoms with Crippen LogP contribution < -0.4 is 0 Å². The van der Waals surface area contributed by atoms with Gasteiger partial charge in [0.05, 0.1) is 12.0 Å². The summed E-state index contributed by atoms with van der Waals surface area (Å²) < 4.78 is 0. The van der Waals surface area contributed by atoms with Crippen LogP contribution in [0.15, 0.2) is 11.8 Å². The van der Waals surface area contributed by atoms with Crippen LogP contribution in [0.4, 0.5) is 0 Å². The van der Waals surface area contributed by atoms with Gasteiger partial charge >= 0.3 is 0 Å². The van der Waals surface area contributed by atoms with Gasteiger partial charge in [-0.1, -0.05) is 0 Å². The Morgan fingerprint density at radius 1 is 0.833 bits per heavy atom. The highest BCUT2D eigenvalue weighted by molar-refractivity contribution is 6.25. The molecule has 2 aliphatic carbocycles. The molecule has 0 aromatic rings. The van der Waals surface area contributed by atoms with Gasteiger partial charge in [-0.25, -0.2) is 0 Å². The fourth-order valence-corrected chi connectivity index (χ4v) is 1.73. The molecule has 2 aliphatic rings. The van der Waals surface area contributed by atoms with Crippen molar-refractivity contribution >= 4 is 23.1 Å². The molecule has 5 heteroatoms. The summed E-state index contributed by atoms with van der Waals surface area (Å²) >= 11 is 0. The molecule has 0 N–H and O–H groups in total. The second kappa shape index (κ2) is 6.23. The smallest absolute Gasteiger partial charge is 0.168 e. The van der Waals surface area contributed by atoms with Crippen LogP contribution in [-0.2, 0) is 19.2 Å². The van der Waals surface area contributed by atoms with Gasteiger partial charge < -0.3 is 4.90 Å². The fourth-order valence-electron chi connectivity index (χ4n) is 1.73. The Bertz CT molecular complexity index is 389. The third kappa shape index (κ3) is 4.24. The van der Waals surface area contributed by atoms with Crippen molar-refractivity contribution in [1.29, 1.82) is 0 Å². The van der Waals surface area contributed by atoms with E-state index in [-0.39, 0.29) is 29.6 Å². The zero-order valence-corrected chi connectivity index (χ0v) is 10.7. The molecule has 0 spiro atoms. The van der Waals surface area contributed by atoms with E-state index < -0.39 is 0 Å². The molecule has 0 heterocycles. The lowest BCUT2D eigenvalue weighted by Crippen LogP contribution is -2.08. The summed E-state index contributed by atoms with van der Waals surface area (Å²) in [5, 5.41) is 0. The number of hydrogen-bond donors (Lipinski definition) is 0. The fraction of sp³-hybridized carbons (Fsp3) is 0.538. The molecule has 18 heavy (non-hydrogen) atoms. The molecule has 2 saturated carbocycles. The minimum absolute atomic E-state index is 0.0244. The molecule has 0 aromatic carbocycles. The second-order valence-corrected chi connectivity index (χ2v) is 4.61. The first kappa shape index (κ1) is 14.3. The van der Waals surface area contributed by atoms with Crippen molar-refractivity contribution in [3.8, 4) is 0 Å². The van der Waals surface area contributed by atoms with E-state index in [0.29, 0.717) is 31.3 Å². The molecule has 2 fully saturated rings. The van der Waals surface area contributed by atoms with Crippen molar-refractivity contribution in [1.82, 2.24) is 4.90 Å². The first-order valence-corrected chi connectivity index (χ1v) is 5.88. The lowest BCUT2D eigenvalue weighted by Gasteiger charge is -2.04. The molecule has 5 nitrogen and oxygen atoms in total. The quantitative estimate of drug-likeness (QED) is 0.389. The van der Waals surface area contributed by atoms with Crippen molar-refractivity contribution in [3.05, 3.63) is 11.8 Å². The Morgan fingerprint density at radius 3 is 1.56 bits per heavy atom. The highest BCUT2D eigenvalue weighted by Crippen LogP contribution is 2.16. The molecule has 0 saturated heterocycles. The Morgan fingerprint density at radius 2 is 1.28 bits per heavy atom. The Balaban J connectivity index is 0.000000199. The van der Waals surface area contributed by atoms with E-state index in [9.17, 15) is 19.2 Å². The first-order chi connectivity index (χ1) is 8.40. The van der Waals surface area contributed by atoms with Gasteiger partial charge in [-0.3, -0.25) is 19.2 Å². The summed E-state index contributed by atoms with van der Waals surface area (Å²) in [6.45, 7) is 0. The maximum absolute atomic E-state index is 11.0. The van der Waals surface area contributed by atoms with Gasteiger partial charge in [0.25, 0.3) is 0 Å². The van der Waals surface area contributed by atoms with E-state index in [2.05, 4.69) is 0 Å². The van der Waals surface area contributed by atoms with Crippen LogP contribution in [0.3, 0.4) is 0 Å². The lowest BCUT2D eigenvalue weighted by molar-refractivity contribution is -0.122. The molecular weight excluding hydrogens is 234 g/mol. The molecular formula is C13H17NO4. The minimum Gasteiger partial charge on any atom is -0.383 e. The van der Waals surface area contributed by atoms with Gasteiger partial charge in [0.2, 0.25) is 0 Å². The van der Waals surface area contributed by atoms with Crippen LogP contribution >= 0.6 is 0 Å². The summed E-state index contributed by atoms with van der Waals surface area (Å²) in [5.74, 6) is 0.155. The number of nitrogens with zero attached hydrogens (tertiary/aromatic N) is 1. The maximum Gasteiger partial charge on any atom is 0.168 e. The van der Waals surface area contributed by atoms with E-state index in [1.807, 2.05) is 0 Å². The highest BCUT2D eigenvalue weighted by Gasteiger charge is 2.25. The highest BCUT2D eigenvalue weighted by atomic mass is 16.2. The van der Waals surface area contributed by atoms with Gasteiger partial charge in [-0.05, 0) is 0 Å². The average molecular weight is 251 g/mol.